The van der Waals surface area contributed by atoms with E-state index in [9.17, 15) is 9.90 Å². The van der Waals surface area contributed by atoms with Gasteiger partial charge < -0.3 is 9.84 Å². The van der Waals surface area contributed by atoms with Crippen molar-refractivity contribution < 1.29 is 14.6 Å². The van der Waals surface area contributed by atoms with Gasteiger partial charge in [-0.1, -0.05) is 88.1 Å². The fourth-order valence-corrected chi connectivity index (χ4v) is 3.95. The van der Waals surface area contributed by atoms with Gasteiger partial charge in [0.1, 0.15) is 6.10 Å². The van der Waals surface area contributed by atoms with Crippen LogP contribution in [0.25, 0.3) is 0 Å². The zero-order chi connectivity index (χ0) is 20.9. The number of carbonyl (C=O) groups is 1. The van der Waals surface area contributed by atoms with Crippen LogP contribution >= 0.6 is 0 Å². The summed E-state index contributed by atoms with van der Waals surface area (Å²) < 4.78 is 5.40. The van der Waals surface area contributed by atoms with Crippen molar-refractivity contribution in [3.05, 3.63) is 70.8 Å². The monoisotopic (exact) mass is 396 g/mol. The van der Waals surface area contributed by atoms with Gasteiger partial charge in [-0.3, -0.25) is 0 Å². The van der Waals surface area contributed by atoms with Gasteiger partial charge in [-0.15, -0.1) is 0 Å². The Labute approximate surface area is 176 Å². The van der Waals surface area contributed by atoms with E-state index in [0.717, 1.165) is 31.2 Å². The predicted molar refractivity (Wildman–Crippen MR) is 120 cm³/mol. The highest BCUT2D eigenvalue weighted by molar-refractivity contribution is 5.57. The molecule has 0 saturated heterocycles. The topological polar surface area (TPSA) is 46.5 Å². The van der Waals surface area contributed by atoms with E-state index >= 15 is 0 Å². The Morgan fingerprint density at radius 3 is 2.21 bits per heavy atom. The molecule has 0 radical (unpaired) electrons. The normalized spacial score (nSPS) is 11.9. The lowest BCUT2D eigenvalue weighted by Gasteiger charge is -2.22. The van der Waals surface area contributed by atoms with Crippen molar-refractivity contribution in [1.29, 1.82) is 0 Å². The fraction of sp³-hybridized carbons (Fsp3) is 0.500. The fourth-order valence-electron chi connectivity index (χ4n) is 3.95. The molecule has 0 aromatic heterocycles. The molecule has 0 aliphatic rings. The SMILES string of the molecule is CCCCCc1cccc(C(CCc2ccccc2)OC(=O)O)c1CCCCC. The molecule has 0 saturated carbocycles. The lowest BCUT2D eigenvalue weighted by Crippen LogP contribution is -2.14. The summed E-state index contributed by atoms with van der Waals surface area (Å²) in [4.78, 5) is 11.4. The second-order valence-electron chi connectivity index (χ2n) is 7.80. The standard InChI is InChI=1S/C26H36O3/c1-3-5-8-15-22-16-12-18-24(23(22)17-9-6-4-2)25(29-26(27)28)20-19-21-13-10-7-11-14-21/h7,10-14,16,18,25H,3-6,8-9,15,17,19-20H2,1-2H3,(H,27,28). The summed E-state index contributed by atoms with van der Waals surface area (Å²) in [6, 6.07) is 16.6. The third kappa shape index (κ3) is 7.92. The van der Waals surface area contributed by atoms with Crippen molar-refractivity contribution in [3.63, 3.8) is 0 Å². The Hall–Kier alpha value is -2.29. The number of aryl methyl sites for hydroxylation is 2. The molecule has 0 spiro atoms. The molecule has 0 aliphatic heterocycles. The van der Waals surface area contributed by atoms with Crippen LogP contribution in [-0.4, -0.2) is 11.3 Å². The Morgan fingerprint density at radius 2 is 1.55 bits per heavy atom. The van der Waals surface area contributed by atoms with Gasteiger partial charge in [0.25, 0.3) is 0 Å². The van der Waals surface area contributed by atoms with E-state index < -0.39 is 12.3 Å². The Kier molecular flexibility index (Phi) is 10.3. The molecule has 2 rings (SSSR count). The highest BCUT2D eigenvalue weighted by atomic mass is 16.7. The van der Waals surface area contributed by atoms with E-state index in [1.54, 1.807) is 0 Å². The average Bonchev–Trinajstić information content (AvgIpc) is 2.73. The molecule has 3 nitrogen and oxygen atoms in total. The first-order valence-electron chi connectivity index (χ1n) is 11.2. The zero-order valence-corrected chi connectivity index (χ0v) is 18.0. The zero-order valence-electron chi connectivity index (χ0n) is 18.0. The number of rotatable bonds is 13. The Morgan fingerprint density at radius 1 is 0.862 bits per heavy atom. The van der Waals surface area contributed by atoms with E-state index in [4.69, 9.17) is 4.74 Å². The summed E-state index contributed by atoms with van der Waals surface area (Å²) in [5, 5.41) is 9.37. The van der Waals surface area contributed by atoms with Crippen molar-refractivity contribution in [2.75, 3.05) is 0 Å². The van der Waals surface area contributed by atoms with Crippen LogP contribution in [0.5, 0.6) is 0 Å². The first-order valence-corrected chi connectivity index (χ1v) is 11.2. The van der Waals surface area contributed by atoms with Crippen LogP contribution in [-0.2, 0) is 24.0 Å². The highest BCUT2D eigenvalue weighted by Crippen LogP contribution is 2.31. The molecule has 2 aromatic carbocycles. The first-order chi connectivity index (χ1) is 14.2. The molecule has 0 bridgehead atoms. The second-order valence-corrected chi connectivity index (χ2v) is 7.80. The number of hydrogen-bond acceptors (Lipinski definition) is 2. The first kappa shape index (κ1) is 23.0. The van der Waals surface area contributed by atoms with Gasteiger partial charge in [-0.2, -0.15) is 0 Å². The van der Waals surface area contributed by atoms with Gasteiger partial charge in [-0.05, 0) is 60.8 Å². The van der Waals surface area contributed by atoms with Gasteiger partial charge in [0.05, 0.1) is 0 Å². The van der Waals surface area contributed by atoms with E-state index in [1.165, 1.54) is 48.8 Å². The second kappa shape index (κ2) is 13.0. The number of carboxylic acid groups (broad SMARTS) is 1. The summed E-state index contributed by atoms with van der Waals surface area (Å²) in [5.74, 6) is 0. The van der Waals surface area contributed by atoms with Gasteiger partial charge in [0, 0.05) is 0 Å². The van der Waals surface area contributed by atoms with Crippen molar-refractivity contribution in [2.24, 2.45) is 0 Å². The molecular weight excluding hydrogens is 360 g/mol. The molecule has 0 amide bonds. The van der Waals surface area contributed by atoms with Crippen LogP contribution in [0.3, 0.4) is 0 Å². The lowest BCUT2D eigenvalue weighted by atomic mass is 9.89. The van der Waals surface area contributed by atoms with Crippen LogP contribution in [0, 0.1) is 0 Å². The number of benzene rings is 2. The minimum absolute atomic E-state index is 0.421. The number of hydrogen-bond donors (Lipinski definition) is 1. The maximum atomic E-state index is 11.4. The third-order valence-electron chi connectivity index (χ3n) is 5.52. The van der Waals surface area contributed by atoms with Crippen LogP contribution in [0.1, 0.15) is 87.2 Å². The van der Waals surface area contributed by atoms with Crippen LogP contribution in [0.2, 0.25) is 0 Å². The summed E-state index contributed by atoms with van der Waals surface area (Å²) in [5.41, 5.74) is 4.95. The van der Waals surface area contributed by atoms with Crippen LogP contribution in [0.15, 0.2) is 48.5 Å². The maximum Gasteiger partial charge on any atom is 0.506 e. The Bertz CT molecular complexity index is 724. The molecule has 0 heterocycles. The molecule has 158 valence electrons. The smallest absolute Gasteiger partial charge is 0.450 e. The summed E-state index contributed by atoms with van der Waals surface area (Å²) in [6.45, 7) is 4.43. The van der Waals surface area contributed by atoms with Gasteiger partial charge >= 0.3 is 6.16 Å². The van der Waals surface area contributed by atoms with Crippen LogP contribution in [0.4, 0.5) is 4.79 Å². The molecule has 3 heteroatoms. The predicted octanol–water partition coefficient (Wildman–Crippen LogP) is 7.52. The number of unbranched alkanes of at least 4 members (excludes halogenated alkanes) is 4. The van der Waals surface area contributed by atoms with Gasteiger partial charge in [0.2, 0.25) is 0 Å². The average molecular weight is 397 g/mol. The maximum absolute atomic E-state index is 11.4. The molecular formula is C26H36O3. The molecule has 1 atom stereocenters. The van der Waals surface area contributed by atoms with Crippen molar-refractivity contribution >= 4 is 6.16 Å². The van der Waals surface area contributed by atoms with E-state index in [-0.39, 0.29) is 0 Å². The van der Waals surface area contributed by atoms with Crippen molar-refractivity contribution in [1.82, 2.24) is 0 Å². The van der Waals surface area contributed by atoms with Gasteiger partial charge in [0.15, 0.2) is 0 Å². The van der Waals surface area contributed by atoms with Crippen molar-refractivity contribution in [3.8, 4) is 0 Å². The molecule has 2 aromatic rings. The summed E-state index contributed by atoms with van der Waals surface area (Å²) in [6.07, 6.45) is 9.00. The summed E-state index contributed by atoms with van der Waals surface area (Å²) >= 11 is 0. The summed E-state index contributed by atoms with van der Waals surface area (Å²) in [7, 11) is 0. The molecule has 29 heavy (non-hydrogen) atoms. The van der Waals surface area contributed by atoms with E-state index in [0.29, 0.717) is 6.42 Å². The van der Waals surface area contributed by atoms with Crippen LogP contribution < -0.4 is 0 Å². The molecule has 1 unspecified atom stereocenters. The molecule has 0 aliphatic carbocycles. The number of ether oxygens (including phenoxy) is 1. The minimum atomic E-state index is -1.20. The highest BCUT2D eigenvalue weighted by Gasteiger charge is 2.21. The quantitative estimate of drug-likeness (QED) is 0.281. The van der Waals surface area contributed by atoms with Crippen molar-refractivity contribution in [2.45, 2.75) is 84.2 Å². The van der Waals surface area contributed by atoms with E-state index in [2.05, 4.69) is 44.2 Å². The van der Waals surface area contributed by atoms with E-state index in [1.807, 2.05) is 18.2 Å². The van der Waals surface area contributed by atoms with Gasteiger partial charge in [-0.25, -0.2) is 4.79 Å². The third-order valence-corrected chi connectivity index (χ3v) is 5.52. The largest absolute Gasteiger partial charge is 0.506 e. The minimum Gasteiger partial charge on any atom is -0.450 e. The molecule has 0 fully saturated rings. The lowest BCUT2D eigenvalue weighted by molar-refractivity contribution is 0.0472. The molecule has 1 N–H and O–H groups in total. The Balaban J connectivity index is 2.27.